The zero-order chi connectivity index (χ0) is 24.9. The fraction of sp³-hybridized carbons (Fsp3) is 0.133. The van der Waals surface area contributed by atoms with Crippen LogP contribution in [0.4, 0.5) is 4.79 Å². The summed E-state index contributed by atoms with van der Waals surface area (Å²) in [6.45, 7) is 3.05. The van der Waals surface area contributed by atoms with Crippen molar-refractivity contribution in [3.05, 3.63) is 113 Å². The Labute approximate surface area is 214 Å². The zero-order valence-corrected chi connectivity index (χ0v) is 20.7. The quantitative estimate of drug-likeness (QED) is 0.245. The second-order valence-electron chi connectivity index (χ2n) is 8.32. The average molecular weight is 496 g/mol. The molecule has 6 heteroatoms. The minimum absolute atomic E-state index is 0.258. The van der Waals surface area contributed by atoms with E-state index < -0.39 is 0 Å². The van der Waals surface area contributed by atoms with Gasteiger partial charge in [-0.2, -0.15) is 0 Å². The van der Waals surface area contributed by atoms with Gasteiger partial charge in [-0.15, -0.1) is 0 Å². The third kappa shape index (κ3) is 5.14. The predicted octanol–water partition coefficient (Wildman–Crippen LogP) is 7.05. The summed E-state index contributed by atoms with van der Waals surface area (Å²) in [5.41, 5.74) is 2.76. The molecule has 0 radical (unpaired) electrons. The number of amides is 2. The number of rotatable bonds is 8. The molecule has 4 aromatic rings. The molecule has 0 spiro atoms. The SMILES string of the molecule is CCOc1cc(/C=C2\SC(=O)N(Cc3ccccc3)C2=O)ccc1OCc1cccc2ccccc12. The summed E-state index contributed by atoms with van der Waals surface area (Å²) < 4.78 is 12.0. The fourth-order valence-electron chi connectivity index (χ4n) is 4.13. The van der Waals surface area contributed by atoms with Crippen molar-refractivity contribution < 1.29 is 19.1 Å². The molecule has 0 aromatic heterocycles. The highest BCUT2D eigenvalue weighted by molar-refractivity contribution is 8.18. The lowest BCUT2D eigenvalue weighted by Crippen LogP contribution is -2.27. The molecule has 1 saturated heterocycles. The average Bonchev–Trinajstić information content (AvgIpc) is 3.16. The van der Waals surface area contributed by atoms with Crippen molar-refractivity contribution in [2.45, 2.75) is 20.1 Å². The summed E-state index contributed by atoms with van der Waals surface area (Å²) in [4.78, 5) is 27.1. The second kappa shape index (κ2) is 10.7. The third-order valence-electron chi connectivity index (χ3n) is 5.89. The third-order valence-corrected chi connectivity index (χ3v) is 6.79. The molecular formula is C30H25NO4S. The Bertz CT molecular complexity index is 1440. The molecule has 4 aromatic carbocycles. The van der Waals surface area contributed by atoms with Crippen molar-refractivity contribution in [1.29, 1.82) is 0 Å². The van der Waals surface area contributed by atoms with E-state index >= 15 is 0 Å². The van der Waals surface area contributed by atoms with E-state index in [0.29, 0.717) is 29.6 Å². The second-order valence-corrected chi connectivity index (χ2v) is 9.31. The number of benzene rings is 4. The van der Waals surface area contributed by atoms with Gasteiger partial charge in [-0.05, 0) is 64.4 Å². The molecule has 1 aliphatic heterocycles. The van der Waals surface area contributed by atoms with Crippen molar-refractivity contribution in [3.8, 4) is 11.5 Å². The lowest BCUT2D eigenvalue weighted by molar-refractivity contribution is -0.123. The lowest BCUT2D eigenvalue weighted by Gasteiger charge is -2.14. The number of fused-ring (bicyclic) bond motifs is 1. The van der Waals surface area contributed by atoms with E-state index in [0.717, 1.165) is 33.8 Å². The topological polar surface area (TPSA) is 55.8 Å². The molecule has 0 N–H and O–H groups in total. The smallest absolute Gasteiger partial charge is 0.293 e. The first kappa shape index (κ1) is 23.7. The van der Waals surface area contributed by atoms with Crippen LogP contribution in [0.15, 0.2) is 95.9 Å². The van der Waals surface area contributed by atoms with Crippen LogP contribution in [-0.2, 0) is 17.9 Å². The maximum atomic E-state index is 12.9. The van der Waals surface area contributed by atoms with Crippen LogP contribution >= 0.6 is 11.8 Å². The van der Waals surface area contributed by atoms with Gasteiger partial charge >= 0.3 is 0 Å². The van der Waals surface area contributed by atoms with E-state index in [2.05, 4.69) is 24.3 Å². The minimum atomic E-state index is -0.289. The maximum Gasteiger partial charge on any atom is 0.293 e. The van der Waals surface area contributed by atoms with Crippen molar-refractivity contribution in [3.63, 3.8) is 0 Å². The molecule has 0 bridgehead atoms. The molecule has 2 amide bonds. The number of carbonyl (C=O) groups excluding carboxylic acids is 2. The first-order valence-corrected chi connectivity index (χ1v) is 12.6. The molecule has 5 rings (SSSR count). The summed E-state index contributed by atoms with van der Waals surface area (Å²) in [6, 6.07) is 29.4. The zero-order valence-electron chi connectivity index (χ0n) is 19.8. The van der Waals surface area contributed by atoms with Crippen LogP contribution in [0.2, 0.25) is 0 Å². The van der Waals surface area contributed by atoms with Gasteiger partial charge in [0.2, 0.25) is 0 Å². The Morgan fingerprint density at radius 3 is 2.44 bits per heavy atom. The van der Waals surface area contributed by atoms with Gasteiger partial charge < -0.3 is 9.47 Å². The van der Waals surface area contributed by atoms with Gasteiger partial charge in [0.1, 0.15) is 6.61 Å². The molecule has 1 heterocycles. The molecule has 0 unspecified atom stereocenters. The number of hydrogen-bond donors (Lipinski definition) is 0. The normalized spacial score (nSPS) is 14.6. The van der Waals surface area contributed by atoms with Crippen molar-refractivity contribution in [2.24, 2.45) is 0 Å². The molecule has 180 valence electrons. The highest BCUT2D eigenvalue weighted by Gasteiger charge is 2.35. The number of hydrogen-bond acceptors (Lipinski definition) is 5. The van der Waals surface area contributed by atoms with Crippen LogP contribution < -0.4 is 9.47 Å². The summed E-state index contributed by atoms with van der Waals surface area (Å²) >= 11 is 0.954. The summed E-state index contributed by atoms with van der Waals surface area (Å²) in [7, 11) is 0. The highest BCUT2D eigenvalue weighted by atomic mass is 32.2. The van der Waals surface area contributed by atoms with Gasteiger partial charge in [0.15, 0.2) is 11.5 Å². The minimum Gasteiger partial charge on any atom is -0.490 e. The molecular weight excluding hydrogens is 470 g/mol. The number of imide groups is 1. The standard InChI is InChI=1S/C30H25NO4S/c1-2-34-27-17-22(18-28-29(32)31(30(33)36-28)19-21-9-4-3-5-10-21)15-16-26(27)35-20-24-13-8-12-23-11-6-7-14-25(23)24/h3-18H,2,19-20H2,1H3/b28-18-. The van der Waals surface area contributed by atoms with E-state index in [1.807, 2.05) is 73.7 Å². The van der Waals surface area contributed by atoms with Crippen LogP contribution in [0.25, 0.3) is 16.8 Å². The van der Waals surface area contributed by atoms with Gasteiger partial charge in [-0.1, -0.05) is 78.9 Å². The van der Waals surface area contributed by atoms with E-state index in [9.17, 15) is 9.59 Å². The molecule has 1 fully saturated rings. The first-order valence-electron chi connectivity index (χ1n) is 11.8. The Balaban J connectivity index is 1.34. The van der Waals surface area contributed by atoms with Crippen LogP contribution in [0.1, 0.15) is 23.6 Å². The summed E-state index contributed by atoms with van der Waals surface area (Å²) in [5, 5.41) is 2.05. The van der Waals surface area contributed by atoms with Gasteiger partial charge in [0, 0.05) is 0 Å². The monoisotopic (exact) mass is 495 g/mol. The van der Waals surface area contributed by atoms with Gasteiger partial charge in [0.05, 0.1) is 18.1 Å². The number of ether oxygens (including phenoxy) is 2. The lowest BCUT2D eigenvalue weighted by atomic mass is 10.1. The van der Waals surface area contributed by atoms with Gasteiger partial charge in [-0.25, -0.2) is 0 Å². The first-order chi connectivity index (χ1) is 17.6. The largest absolute Gasteiger partial charge is 0.490 e. The predicted molar refractivity (Wildman–Crippen MR) is 144 cm³/mol. The molecule has 5 nitrogen and oxygen atoms in total. The molecule has 0 aliphatic carbocycles. The van der Waals surface area contributed by atoms with Gasteiger partial charge in [0.25, 0.3) is 11.1 Å². The van der Waals surface area contributed by atoms with E-state index in [1.165, 1.54) is 10.3 Å². The van der Waals surface area contributed by atoms with Crippen LogP contribution in [0.5, 0.6) is 11.5 Å². The Morgan fingerprint density at radius 2 is 1.61 bits per heavy atom. The van der Waals surface area contributed by atoms with E-state index in [-0.39, 0.29) is 17.7 Å². The van der Waals surface area contributed by atoms with Crippen molar-refractivity contribution in [2.75, 3.05) is 6.61 Å². The van der Waals surface area contributed by atoms with Crippen molar-refractivity contribution in [1.82, 2.24) is 4.90 Å². The summed E-state index contributed by atoms with van der Waals surface area (Å²) in [6.07, 6.45) is 1.73. The number of carbonyl (C=O) groups is 2. The number of thioether (sulfide) groups is 1. The molecule has 0 atom stereocenters. The van der Waals surface area contributed by atoms with E-state index in [1.54, 1.807) is 6.08 Å². The number of nitrogens with zero attached hydrogens (tertiary/aromatic N) is 1. The van der Waals surface area contributed by atoms with Crippen LogP contribution in [-0.4, -0.2) is 22.7 Å². The highest BCUT2D eigenvalue weighted by Crippen LogP contribution is 2.36. The Hall–Kier alpha value is -4.03. The maximum absolute atomic E-state index is 12.9. The van der Waals surface area contributed by atoms with Crippen LogP contribution in [0.3, 0.4) is 0 Å². The Kier molecular flexibility index (Phi) is 7.05. The molecule has 36 heavy (non-hydrogen) atoms. The summed E-state index contributed by atoms with van der Waals surface area (Å²) in [5.74, 6) is 0.928. The molecule has 1 aliphatic rings. The van der Waals surface area contributed by atoms with Crippen LogP contribution in [0, 0.1) is 0 Å². The Morgan fingerprint density at radius 1 is 0.833 bits per heavy atom. The molecule has 0 saturated carbocycles. The van der Waals surface area contributed by atoms with Gasteiger partial charge in [-0.3, -0.25) is 14.5 Å². The fourth-order valence-corrected chi connectivity index (χ4v) is 4.97. The van der Waals surface area contributed by atoms with Crippen molar-refractivity contribution >= 4 is 39.8 Å². The van der Waals surface area contributed by atoms with E-state index in [4.69, 9.17) is 9.47 Å².